The molecule has 0 radical (unpaired) electrons. The molecule has 6 nitrogen and oxygen atoms in total. The second-order valence-electron chi connectivity index (χ2n) is 5.33. The van der Waals surface area contributed by atoms with Crippen LogP contribution in [0.1, 0.15) is 0 Å². The second-order valence-corrected chi connectivity index (χ2v) is 8.23. The maximum absolute atomic E-state index is 8.78. The molecule has 2 heterocycles. The highest BCUT2D eigenvalue weighted by atomic mass is 79.9. The van der Waals surface area contributed by atoms with E-state index in [9.17, 15) is 0 Å². The zero-order valence-electron chi connectivity index (χ0n) is 15.5. The third-order valence-corrected chi connectivity index (χ3v) is 4.95. The van der Waals surface area contributed by atoms with Gasteiger partial charge in [-0.2, -0.15) is 0 Å². The number of benzene rings is 2. The van der Waals surface area contributed by atoms with Crippen molar-refractivity contribution in [2.24, 2.45) is 0 Å². The summed E-state index contributed by atoms with van der Waals surface area (Å²) in [4.78, 5) is 15.1. The fourth-order valence-electron chi connectivity index (χ4n) is 1.80. The first-order valence-corrected chi connectivity index (χ1v) is 11.0. The lowest BCUT2D eigenvalue weighted by Crippen LogP contribution is -1.89. The number of aromatic hydroxyl groups is 1. The lowest BCUT2D eigenvalue weighted by atomic mass is 10.3. The van der Waals surface area contributed by atoms with E-state index in [1.165, 1.54) is 24.8 Å². The van der Waals surface area contributed by atoms with Crippen LogP contribution >= 0.6 is 66.7 Å². The van der Waals surface area contributed by atoms with Gasteiger partial charge in [-0.15, -0.1) is 0 Å². The summed E-state index contributed by atoms with van der Waals surface area (Å²) in [5, 5.41) is 9.52. The summed E-state index contributed by atoms with van der Waals surface area (Å²) < 4.78 is 7.29. The number of halogens is 5. The Balaban J connectivity index is 0.000000181. The van der Waals surface area contributed by atoms with E-state index in [4.69, 9.17) is 44.6 Å². The van der Waals surface area contributed by atoms with Crippen molar-refractivity contribution < 1.29 is 9.84 Å². The number of aromatic nitrogens is 4. The minimum atomic E-state index is 0.245. The molecule has 160 valence electrons. The zero-order chi connectivity index (χ0) is 22.6. The van der Waals surface area contributed by atoms with Crippen molar-refractivity contribution in [3.05, 3.63) is 97.7 Å². The number of ether oxygens (including phenoxy) is 1. The Morgan fingerprint density at radius 1 is 0.677 bits per heavy atom. The van der Waals surface area contributed by atoms with Crippen LogP contribution in [0.4, 0.5) is 0 Å². The predicted molar refractivity (Wildman–Crippen MR) is 129 cm³/mol. The normalized spacial score (nSPS) is 9.58. The second kappa shape index (κ2) is 13.4. The highest BCUT2D eigenvalue weighted by Crippen LogP contribution is 2.26. The maximum atomic E-state index is 8.78. The van der Waals surface area contributed by atoms with Gasteiger partial charge >= 0.3 is 0 Å². The Bertz CT molecular complexity index is 1080. The third-order valence-electron chi connectivity index (χ3n) is 3.05. The van der Waals surface area contributed by atoms with E-state index >= 15 is 0 Å². The van der Waals surface area contributed by atoms with Crippen LogP contribution in [-0.2, 0) is 0 Å². The molecule has 1 N–H and O–H groups in total. The van der Waals surface area contributed by atoms with Gasteiger partial charge in [-0.3, -0.25) is 0 Å². The molecule has 0 fully saturated rings. The SMILES string of the molecule is Clc1nccnc1Cl.Clc1nccnc1Oc1cccc(Br)c1.Oc1cccc(Br)c1. The summed E-state index contributed by atoms with van der Waals surface area (Å²) in [7, 11) is 0. The Hall–Kier alpha value is -1.97. The third kappa shape index (κ3) is 9.80. The van der Waals surface area contributed by atoms with Crippen molar-refractivity contribution in [1.29, 1.82) is 0 Å². The van der Waals surface area contributed by atoms with Crippen LogP contribution in [0.15, 0.2) is 82.3 Å². The quantitative estimate of drug-likeness (QED) is 0.253. The van der Waals surface area contributed by atoms with Crippen LogP contribution in [0.25, 0.3) is 0 Å². The van der Waals surface area contributed by atoms with Crippen molar-refractivity contribution in [3.8, 4) is 17.4 Å². The van der Waals surface area contributed by atoms with Crippen molar-refractivity contribution >= 4 is 66.7 Å². The summed E-state index contributed by atoms with van der Waals surface area (Å²) in [5.74, 6) is 1.25. The van der Waals surface area contributed by atoms with Gasteiger partial charge in [0.2, 0.25) is 0 Å². The highest BCUT2D eigenvalue weighted by Gasteiger charge is 2.04. The predicted octanol–water partition coefficient (Wildman–Crippen LogP) is 7.62. The van der Waals surface area contributed by atoms with Crippen LogP contribution in [-0.4, -0.2) is 25.0 Å². The molecule has 31 heavy (non-hydrogen) atoms. The number of hydrogen-bond acceptors (Lipinski definition) is 6. The van der Waals surface area contributed by atoms with Crippen molar-refractivity contribution in [2.45, 2.75) is 0 Å². The minimum absolute atomic E-state index is 0.245. The Kier molecular flexibility index (Phi) is 11.0. The topological polar surface area (TPSA) is 81.0 Å². The molecular weight excluding hydrogens is 594 g/mol. The molecule has 0 amide bonds. The molecule has 0 spiro atoms. The molecule has 0 unspecified atom stereocenters. The first-order chi connectivity index (χ1) is 14.8. The van der Waals surface area contributed by atoms with Crippen LogP contribution in [0.3, 0.4) is 0 Å². The van der Waals surface area contributed by atoms with Gasteiger partial charge in [0.15, 0.2) is 15.5 Å². The van der Waals surface area contributed by atoms with Crippen molar-refractivity contribution in [2.75, 3.05) is 0 Å². The average molecular weight is 608 g/mol. The first kappa shape index (κ1) is 25.3. The fraction of sp³-hybridized carbons (Fsp3) is 0. The van der Waals surface area contributed by atoms with E-state index in [-0.39, 0.29) is 15.5 Å². The summed E-state index contributed by atoms with van der Waals surface area (Å²) in [6.45, 7) is 0. The molecule has 2 aromatic carbocycles. The Morgan fingerprint density at radius 2 is 1.19 bits per heavy atom. The Labute approximate surface area is 210 Å². The molecule has 0 saturated heterocycles. The van der Waals surface area contributed by atoms with Crippen molar-refractivity contribution in [3.63, 3.8) is 0 Å². The maximum Gasteiger partial charge on any atom is 0.257 e. The van der Waals surface area contributed by atoms with E-state index in [0.29, 0.717) is 17.4 Å². The lowest BCUT2D eigenvalue weighted by molar-refractivity contribution is 0.460. The number of phenols is 1. The summed E-state index contributed by atoms with van der Waals surface area (Å²) >= 11 is 23.2. The van der Waals surface area contributed by atoms with Gasteiger partial charge in [0.1, 0.15) is 11.5 Å². The van der Waals surface area contributed by atoms with Gasteiger partial charge in [0, 0.05) is 33.7 Å². The van der Waals surface area contributed by atoms with Gasteiger partial charge in [-0.1, -0.05) is 78.8 Å². The Morgan fingerprint density at radius 3 is 1.65 bits per heavy atom. The monoisotopic (exact) mass is 604 g/mol. The molecule has 0 aliphatic rings. The smallest absolute Gasteiger partial charge is 0.257 e. The van der Waals surface area contributed by atoms with E-state index in [1.54, 1.807) is 18.2 Å². The molecular formula is C20H13Br2Cl3N4O2. The standard InChI is InChI=1S/C10H6BrClN2O.C6H5BrO.C4H2Cl2N2/c11-7-2-1-3-8(6-7)15-10-9(12)13-4-5-14-10;7-5-2-1-3-6(8)4-5;5-3-4(6)8-2-1-7-3/h1-6H;1-4,8H;1-2H. The largest absolute Gasteiger partial charge is 0.508 e. The van der Waals surface area contributed by atoms with E-state index in [2.05, 4.69) is 51.8 Å². The number of nitrogens with zero attached hydrogens (tertiary/aromatic N) is 4. The zero-order valence-corrected chi connectivity index (χ0v) is 20.9. The molecule has 2 aromatic heterocycles. The minimum Gasteiger partial charge on any atom is -0.508 e. The molecule has 0 aliphatic heterocycles. The summed E-state index contributed by atoms with van der Waals surface area (Å²) in [6, 6.07) is 14.3. The molecule has 0 saturated carbocycles. The number of phenolic OH excluding ortho intramolecular Hbond substituents is 1. The van der Waals surface area contributed by atoms with Gasteiger partial charge in [-0.25, -0.2) is 19.9 Å². The van der Waals surface area contributed by atoms with Crippen LogP contribution in [0.5, 0.6) is 17.4 Å². The average Bonchev–Trinajstić information content (AvgIpc) is 2.73. The lowest BCUT2D eigenvalue weighted by Gasteiger charge is -2.04. The highest BCUT2D eigenvalue weighted by molar-refractivity contribution is 9.10. The van der Waals surface area contributed by atoms with E-state index in [1.807, 2.05) is 30.3 Å². The first-order valence-electron chi connectivity index (χ1n) is 8.31. The summed E-state index contributed by atoms with van der Waals surface area (Å²) in [5.41, 5.74) is 0. The van der Waals surface area contributed by atoms with E-state index in [0.717, 1.165) is 8.95 Å². The van der Waals surface area contributed by atoms with Gasteiger partial charge in [0.25, 0.3) is 5.88 Å². The molecule has 11 heteroatoms. The molecule has 0 aliphatic carbocycles. The summed E-state index contributed by atoms with van der Waals surface area (Å²) in [6.07, 6.45) is 6.00. The molecule has 4 aromatic rings. The molecule has 0 atom stereocenters. The van der Waals surface area contributed by atoms with Crippen LogP contribution in [0, 0.1) is 0 Å². The van der Waals surface area contributed by atoms with Gasteiger partial charge in [-0.05, 0) is 36.4 Å². The van der Waals surface area contributed by atoms with Crippen LogP contribution in [0.2, 0.25) is 15.5 Å². The molecule has 4 rings (SSSR count). The fourth-order valence-corrected chi connectivity index (χ4v) is 2.92. The number of hydrogen-bond donors (Lipinski definition) is 1. The van der Waals surface area contributed by atoms with Gasteiger partial charge < -0.3 is 9.84 Å². The number of rotatable bonds is 2. The van der Waals surface area contributed by atoms with Crippen LogP contribution < -0.4 is 4.74 Å². The van der Waals surface area contributed by atoms with E-state index < -0.39 is 0 Å². The van der Waals surface area contributed by atoms with Gasteiger partial charge in [0.05, 0.1) is 0 Å². The van der Waals surface area contributed by atoms with Crippen molar-refractivity contribution in [1.82, 2.24) is 19.9 Å². The molecule has 0 bridgehead atoms.